The van der Waals surface area contributed by atoms with Crippen LogP contribution in [-0.4, -0.2) is 5.17 Å². The largest absolute Gasteiger partial charge is 0.432 e. The predicted molar refractivity (Wildman–Crippen MR) is 54.1 cm³/mol. The Morgan fingerprint density at radius 3 is 2.25 bits per heavy atom. The maximum Gasteiger partial charge on any atom is 0.259 e. The van der Waals surface area contributed by atoms with E-state index >= 15 is 0 Å². The Morgan fingerprint density at radius 1 is 1.33 bits per heavy atom. The highest BCUT2D eigenvalue weighted by Gasteiger charge is 1.93. The van der Waals surface area contributed by atoms with Crippen molar-refractivity contribution in [3.8, 4) is 5.75 Å². The van der Waals surface area contributed by atoms with E-state index in [1.54, 1.807) is 12.1 Å². The van der Waals surface area contributed by atoms with Crippen molar-refractivity contribution in [2.45, 2.75) is 0 Å². The van der Waals surface area contributed by atoms with Crippen LogP contribution in [0.3, 0.4) is 0 Å². The Balaban J connectivity index is 0.00000121. The van der Waals surface area contributed by atoms with Crippen molar-refractivity contribution in [3.05, 3.63) is 28.7 Å². The van der Waals surface area contributed by atoms with Gasteiger partial charge in [0.1, 0.15) is 5.75 Å². The summed E-state index contributed by atoms with van der Waals surface area (Å²) < 4.78 is 5.95. The smallest absolute Gasteiger partial charge is 0.259 e. The Labute approximate surface area is 83.2 Å². The molecule has 0 bridgehead atoms. The van der Waals surface area contributed by atoms with Crippen LogP contribution in [0.4, 0.5) is 4.70 Å². The summed E-state index contributed by atoms with van der Waals surface area (Å²) >= 11 is 7.85. The van der Waals surface area contributed by atoms with Crippen molar-refractivity contribution in [2.75, 3.05) is 0 Å². The SMILES string of the molecule is F.NC(=S)Oc1ccc(Br)cc1. The van der Waals surface area contributed by atoms with Crippen LogP contribution in [0.5, 0.6) is 5.75 Å². The van der Waals surface area contributed by atoms with Gasteiger partial charge >= 0.3 is 0 Å². The number of benzene rings is 1. The van der Waals surface area contributed by atoms with Crippen LogP contribution < -0.4 is 10.5 Å². The predicted octanol–water partition coefficient (Wildman–Crippen LogP) is 2.22. The van der Waals surface area contributed by atoms with Crippen LogP contribution in [0, 0.1) is 0 Å². The molecule has 0 atom stereocenters. The van der Waals surface area contributed by atoms with Gasteiger partial charge in [0, 0.05) is 4.47 Å². The zero-order valence-corrected chi connectivity index (χ0v) is 8.39. The van der Waals surface area contributed by atoms with Crippen LogP contribution in [0.1, 0.15) is 0 Å². The van der Waals surface area contributed by atoms with Crippen molar-refractivity contribution in [2.24, 2.45) is 5.73 Å². The highest BCUT2D eigenvalue weighted by molar-refractivity contribution is 9.10. The van der Waals surface area contributed by atoms with E-state index < -0.39 is 0 Å². The van der Waals surface area contributed by atoms with Gasteiger partial charge in [-0.15, -0.1) is 0 Å². The van der Waals surface area contributed by atoms with Gasteiger partial charge in [0.25, 0.3) is 5.17 Å². The summed E-state index contributed by atoms with van der Waals surface area (Å²) in [6.07, 6.45) is 0. The van der Waals surface area contributed by atoms with Crippen molar-refractivity contribution < 1.29 is 9.44 Å². The number of hydrogen-bond donors (Lipinski definition) is 1. The maximum atomic E-state index is 5.16. The molecule has 1 aromatic rings. The zero-order chi connectivity index (χ0) is 8.27. The second-order valence-electron chi connectivity index (χ2n) is 1.88. The van der Waals surface area contributed by atoms with E-state index in [2.05, 4.69) is 28.1 Å². The van der Waals surface area contributed by atoms with Gasteiger partial charge in [-0.3, -0.25) is 4.70 Å². The van der Waals surface area contributed by atoms with Gasteiger partial charge in [0.05, 0.1) is 0 Å². The summed E-state index contributed by atoms with van der Waals surface area (Å²) in [6.45, 7) is 0. The number of nitrogens with two attached hydrogens (primary N) is 1. The average Bonchev–Trinajstić information content (AvgIpc) is 1.93. The van der Waals surface area contributed by atoms with E-state index in [-0.39, 0.29) is 9.88 Å². The van der Waals surface area contributed by atoms with Gasteiger partial charge in [-0.2, -0.15) is 0 Å². The molecule has 0 unspecified atom stereocenters. The zero-order valence-electron chi connectivity index (χ0n) is 5.99. The lowest BCUT2D eigenvalue weighted by Gasteiger charge is -2.00. The van der Waals surface area contributed by atoms with Crippen molar-refractivity contribution >= 4 is 33.3 Å². The molecule has 66 valence electrons. The number of ether oxygens (including phenoxy) is 1. The quantitative estimate of drug-likeness (QED) is 0.778. The molecule has 5 heteroatoms. The lowest BCUT2D eigenvalue weighted by Crippen LogP contribution is -2.15. The molecule has 0 aromatic heterocycles. The fourth-order valence-corrected chi connectivity index (χ4v) is 0.979. The van der Waals surface area contributed by atoms with Gasteiger partial charge in [-0.05, 0) is 36.5 Å². The van der Waals surface area contributed by atoms with Crippen LogP contribution >= 0.6 is 28.1 Å². The Bertz CT molecular complexity index is 265. The second kappa shape index (κ2) is 5.05. The fraction of sp³-hybridized carbons (Fsp3) is 0. The topological polar surface area (TPSA) is 35.2 Å². The van der Waals surface area contributed by atoms with Gasteiger partial charge in [-0.25, -0.2) is 0 Å². The highest BCUT2D eigenvalue weighted by atomic mass is 79.9. The highest BCUT2D eigenvalue weighted by Crippen LogP contribution is 2.15. The third kappa shape index (κ3) is 3.64. The molecule has 0 fully saturated rings. The molecule has 0 spiro atoms. The lowest BCUT2D eigenvalue weighted by molar-refractivity contribution is 0.557. The van der Waals surface area contributed by atoms with Gasteiger partial charge in [0.15, 0.2) is 0 Å². The molecule has 0 aliphatic rings. The summed E-state index contributed by atoms with van der Waals surface area (Å²) in [6, 6.07) is 7.27. The molecular formula is C7H7BrFNOS. The Morgan fingerprint density at radius 2 is 1.83 bits per heavy atom. The first kappa shape index (κ1) is 11.3. The molecule has 0 aliphatic heterocycles. The number of halogens is 2. The number of rotatable bonds is 1. The lowest BCUT2D eigenvalue weighted by atomic mass is 10.3. The molecule has 0 aliphatic carbocycles. The van der Waals surface area contributed by atoms with Gasteiger partial charge in [0.2, 0.25) is 0 Å². The third-order valence-corrected chi connectivity index (χ3v) is 1.64. The van der Waals surface area contributed by atoms with Crippen molar-refractivity contribution in [1.82, 2.24) is 0 Å². The molecule has 0 heterocycles. The van der Waals surface area contributed by atoms with E-state index in [0.717, 1.165) is 4.47 Å². The summed E-state index contributed by atoms with van der Waals surface area (Å²) in [5.41, 5.74) is 5.16. The monoisotopic (exact) mass is 251 g/mol. The molecule has 1 aromatic carbocycles. The van der Waals surface area contributed by atoms with E-state index in [1.165, 1.54) is 0 Å². The first-order chi connectivity index (χ1) is 5.18. The normalized spacial score (nSPS) is 8.42. The van der Waals surface area contributed by atoms with Crippen molar-refractivity contribution in [1.29, 1.82) is 0 Å². The molecule has 0 radical (unpaired) electrons. The molecule has 0 amide bonds. The number of hydrogen-bond acceptors (Lipinski definition) is 2. The van der Waals surface area contributed by atoms with Gasteiger partial charge in [-0.1, -0.05) is 15.9 Å². The van der Waals surface area contributed by atoms with Gasteiger partial charge < -0.3 is 10.5 Å². The van der Waals surface area contributed by atoms with E-state index in [1.807, 2.05) is 12.1 Å². The fourth-order valence-electron chi connectivity index (χ4n) is 0.619. The van der Waals surface area contributed by atoms with E-state index in [9.17, 15) is 0 Å². The molecule has 2 N–H and O–H groups in total. The Hall–Kier alpha value is -0.680. The summed E-state index contributed by atoms with van der Waals surface area (Å²) in [4.78, 5) is 0. The minimum atomic E-state index is 0. The first-order valence-corrected chi connectivity index (χ1v) is 4.11. The molecule has 0 saturated carbocycles. The molecule has 1 rings (SSSR count). The third-order valence-electron chi connectivity index (χ3n) is 1.03. The maximum absolute atomic E-state index is 5.16. The first-order valence-electron chi connectivity index (χ1n) is 2.91. The van der Waals surface area contributed by atoms with Crippen LogP contribution in [-0.2, 0) is 0 Å². The minimum Gasteiger partial charge on any atom is -0.432 e. The van der Waals surface area contributed by atoms with E-state index in [4.69, 9.17) is 10.5 Å². The molecule has 0 saturated heterocycles. The summed E-state index contributed by atoms with van der Waals surface area (Å²) in [5, 5.41) is 0.0346. The van der Waals surface area contributed by atoms with Crippen LogP contribution in [0.15, 0.2) is 28.7 Å². The Kier molecular flexibility index (Phi) is 4.77. The molecule has 12 heavy (non-hydrogen) atoms. The van der Waals surface area contributed by atoms with Crippen molar-refractivity contribution in [3.63, 3.8) is 0 Å². The second-order valence-corrected chi connectivity index (χ2v) is 3.19. The minimum absolute atomic E-state index is 0. The molecule has 2 nitrogen and oxygen atoms in total. The average molecular weight is 252 g/mol. The standard InChI is InChI=1S/C7H6BrNOS.FH/c8-5-1-3-6(4-2-5)10-7(9)11;/h1-4H,(H2,9,11);1H. The summed E-state index contributed by atoms with van der Waals surface area (Å²) in [7, 11) is 0. The molecular weight excluding hydrogens is 245 g/mol. The summed E-state index contributed by atoms with van der Waals surface area (Å²) in [5.74, 6) is 0.653. The van der Waals surface area contributed by atoms with Crippen LogP contribution in [0.25, 0.3) is 0 Å². The number of thiocarbonyl (C=S) groups is 1. The van der Waals surface area contributed by atoms with E-state index in [0.29, 0.717) is 5.75 Å². The van der Waals surface area contributed by atoms with Crippen LogP contribution in [0.2, 0.25) is 0 Å².